The van der Waals surface area contributed by atoms with E-state index in [1.54, 1.807) is 56.5 Å². The summed E-state index contributed by atoms with van der Waals surface area (Å²) in [7, 11) is 2.84. The largest absolute Gasteiger partial charge is 0.497 e. The molecule has 1 aromatic heterocycles. The minimum atomic E-state index is -0.511. The third-order valence-corrected chi connectivity index (χ3v) is 4.42. The zero-order chi connectivity index (χ0) is 19.6. The molecular weight excluding hydrogens is 368 g/mol. The number of carbonyl (C=O) groups excluding carboxylic acids is 2. The molecule has 3 rings (SSSR count). The molecule has 140 valence electrons. The second-order valence-electron chi connectivity index (χ2n) is 5.76. The van der Waals surface area contributed by atoms with Crippen LogP contribution in [0.5, 0.6) is 5.75 Å². The lowest BCUT2D eigenvalue weighted by atomic mass is 10.2. The topological polar surface area (TPSA) is 72.2 Å². The molecule has 0 bridgehead atoms. The van der Waals surface area contributed by atoms with Crippen molar-refractivity contribution in [2.75, 3.05) is 25.7 Å². The normalized spacial score (nSPS) is 15.6. The monoisotopic (exact) mass is 386 g/mol. The van der Waals surface area contributed by atoms with Crippen LogP contribution in [0.15, 0.2) is 46.5 Å². The van der Waals surface area contributed by atoms with Crippen molar-refractivity contribution in [2.45, 2.75) is 6.92 Å². The van der Waals surface area contributed by atoms with Crippen LogP contribution in [0.1, 0.15) is 11.5 Å². The molecule has 1 aliphatic rings. The Balaban J connectivity index is 2.01. The number of anilines is 1. The van der Waals surface area contributed by atoms with Crippen molar-refractivity contribution in [3.05, 3.63) is 53.6 Å². The molecule has 27 heavy (non-hydrogen) atoms. The Bertz CT molecular complexity index is 916. The molecule has 0 atom stereocenters. The number of rotatable bonds is 5. The molecule has 8 heteroatoms. The molecule has 0 N–H and O–H groups in total. The Labute approximate surface area is 161 Å². The van der Waals surface area contributed by atoms with Gasteiger partial charge in [-0.25, -0.2) is 0 Å². The lowest BCUT2D eigenvalue weighted by molar-refractivity contribution is -0.140. The van der Waals surface area contributed by atoms with Gasteiger partial charge in [0.15, 0.2) is 5.11 Å². The number of amides is 1. The van der Waals surface area contributed by atoms with Crippen molar-refractivity contribution in [1.82, 2.24) is 4.90 Å². The van der Waals surface area contributed by atoms with Crippen molar-refractivity contribution < 1.29 is 23.5 Å². The number of benzene rings is 1. The molecule has 1 fully saturated rings. The number of methoxy groups -OCH3 is 2. The van der Waals surface area contributed by atoms with E-state index in [0.717, 1.165) is 0 Å². The van der Waals surface area contributed by atoms with Crippen molar-refractivity contribution >= 4 is 41.0 Å². The molecule has 0 unspecified atom stereocenters. The van der Waals surface area contributed by atoms with Crippen LogP contribution in [0, 0.1) is 6.92 Å². The second kappa shape index (κ2) is 7.63. The van der Waals surface area contributed by atoms with Crippen LogP contribution in [0.2, 0.25) is 0 Å². The van der Waals surface area contributed by atoms with Crippen molar-refractivity contribution in [3.63, 3.8) is 0 Å². The Hall–Kier alpha value is -3.13. The molecule has 0 saturated carbocycles. The van der Waals surface area contributed by atoms with E-state index in [4.69, 9.17) is 26.1 Å². The minimum absolute atomic E-state index is 0.181. The highest BCUT2D eigenvalue weighted by molar-refractivity contribution is 7.80. The first kappa shape index (κ1) is 18.7. The highest BCUT2D eigenvalue weighted by Crippen LogP contribution is 2.30. The summed E-state index contributed by atoms with van der Waals surface area (Å²) in [5.74, 6) is 0.988. The fourth-order valence-corrected chi connectivity index (χ4v) is 3.00. The number of hydrogen-bond donors (Lipinski definition) is 0. The first-order valence-corrected chi connectivity index (χ1v) is 8.50. The average molecular weight is 386 g/mol. The van der Waals surface area contributed by atoms with E-state index in [9.17, 15) is 9.59 Å². The van der Waals surface area contributed by atoms with E-state index in [-0.39, 0.29) is 23.3 Å². The van der Waals surface area contributed by atoms with Gasteiger partial charge in [0, 0.05) is 6.08 Å². The highest BCUT2D eigenvalue weighted by Gasteiger charge is 2.40. The predicted molar refractivity (Wildman–Crippen MR) is 103 cm³/mol. The van der Waals surface area contributed by atoms with Gasteiger partial charge in [-0.1, -0.05) is 0 Å². The van der Waals surface area contributed by atoms with E-state index >= 15 is 0 Å². The van der Waals surface area contributed by atoms with Crippen molar-refractivity contribution in [1.29, 1.82) is 0 Å². The Morgan fingerprint density at radius 1 is 1.19 bits per heavy atom. The van der Waals surface area contributed by atoms with Crippen molar-refractivity contribution in [3.8, 4) is 5.75 Å². The van der Waals surface area contributed by atoms with Crippen LogP contribution < -0.4 is 9.64 Å². The second-order valence-corrected chi connectivity index (χ2v) is 6.13. The summed E-state index contributed by atoms with van der Waals surface area (Å²) in [4.78, 5) is 27.7. The molecule has 7 nitrogen and oxygen atoms in total. The van der Waals surface area contributed by atoms with Gasteiger partial charge in [0.2, 0.25) is 0 Å². The fraction of sp³-hybridized carbons (Fsp3) is 0.211. The Kier molecular flexibility index (Phi) is 5.27. The summed E-state index contributed by atoms with van der Waals surface area (Å²) < 4.78 is 15.4. The number of carbonyl (C=O) groups is 2. The van der Waals surface area contributed by atoms with Crippen LogP contribution >= 0.6 is 12.2 Å². The fourth-order valence-electron chi connectivity index (χ4n) is 2.65. The predicted octanol–water partition coefficient (Wildman–Crippen LogP) is 2.74. The summed E-state index contributed by atoms with van der Waals surface area (Å²) in [6, 6.07) is 10.4. The SMILES string of the molecule is COC(=O)CN1C(=S)N(c2ccc(OC)cc2)C(=O)C1=Cc1ccc(C)o1. The summed E-state index contributed by atoms with van der Waals surface area (Å²) in [5.41, 5.74) is 0.801. The maximum atomic E-state index is 13.1. The van der Waals surface area contributed by atoms with Gasteiger partial charge in [-0.2, -0.15) is 0 Å². The van der Waals surface area contributed by atoms with Crippen LogP contribution in [0.25, 0.3) is 6.08 Å². The van der Waals surface area contributed by atoms with Gasteiger partial charge in [-0.05, 0) is 55.5 Å². The maximum Gasteiger partial charge on any atom is 0.325 e. The van der Waals surface area contributed by atoms with Gasteiger partial charge in [0.25, 0.3) is 5.91 Å². The standard InChI is InChI=1S/C19H18N2O5S/c1-12-4-7-15(26-12)10-16-18(23)21(13-5-8-14(24-2)9-6-13)19(27)20(16)11-17(22)25-3/h4-10H,11H2,1-3H3. The maximum absolute atomic E-state index is 13.1. The van der Waals surface area contributed by atoms with Crippen LogP contribution in [-0.4, -0.2) is 42.7 Å². The molecule has 1 saturated heterocycles. The molecule has 0 spiro atoms. The first-order valence-electron chi connectivity index (χ1n) is 8.09. The number of furan rings is 1. The molecule has 1 amide bonds. The van der Waals surface area contributed by atoms with Crippen LogP contribution in [0.3, 0.4) is 0 Å². The van der Waals surface area contributed by atoms with Gasteiger partial charge in [0.1, 0.15) is 29.5 Å². The quantitative estimate of drug-likeness (QED) is 0.444. The van der Waals surface area contributed by atoms with E-state index in [1.807, 2.05) is 0 Å². The number of thiocarbonyl (C=S) groups is 1. The Morgan fingerprint density at radius 3 is 2.44 bits per heavy atom. The average Bonchev–Trinajstić information content (AvgIpc) is 3.18. The van der Waals surface area contributed by atoms with Gasteiger partial charge in [-0.15, -0.1) is 0 Å². The molecule has 0 aliphatic carbocycles. The summed E-state index contributed by atoms with van der Waals surface area (Å²) in [5, 5.41) is 0.185. The van der Waals surface area contributed by atoms with Crippen LogP contribution in [-0.2, 0) is 14.3 Å². The third kappa shape index (κ3) is 3.70. The highest BCUT2D eigenvalue weighted by atomic mass is 32.1. The molecule has 2 aromatic rings. The summed E-state index contributed by atoms with van der Waals surface area (Å²) >= 11 is 5.47. The number of nitrogens with zero attached hydrogens (tertiary/aromatic N) is 2. The lowest BCUT2D eigenvalue weighted by Crippen LogP contribution is -2.35. The first-order chi connectivity index (χ1) is 12.9. The molecule has 1 aliphatic heterocycles. The van der Waals surface area contributed by atoms with E-state index in [2.05, 4.69) is 0 Å². The summed E-state index contributed by atoms with van der Waals surface area (Å²) in [6.45, 7) is 1.62. The minimum Gasteiger partial charge on any atom is -0.497 e. The van der Waals surface area contributed by atoms with Gasteiger partial charge in [0.05, 0.1) is 19.9 Å². The van der Waals surface area contributed by atoms with Gasteiger partial charge in [-0.3, -0.25) is 14.5 Å². The molecule has 1 aromatic carbocycles. The van der Waals surface area contributed by atoms with E-state index < -0.39 is 5.97 Å². The number of ether oxygens (including phenoxy) is 2. The van der Waals surface area contributed by atoms with Gasteiger partial charge < -0.3 is 18.8 Å². The number of hydrogen-bond acceptors (Lipinski definition) is 6. The smallest absolute Gasteiger partial charge is 0.325 e. The zero-order valence-electron chi connectivity index (χ0n) is 15.1. The van der Waals surface area contributed by atoms with E-state index in [1.165, 1.54) is 16.9 Å². The van der Waals surface area contributed by atoms with Crippen molar-refractivity contribution in [2.24, 2.45) is 0 Å². The number of aryl methyl sites for hydroxylation is 1. The molecule has 0 radical (unpaired) electrons. The third-order valence-electron chi connectivity index (χ3n) is 4.02. The molecule has 2 heterocycles. The summed E-state index contributed by atoms with van der Waals surface area (Å²) in [6.07, 6.45) is 1.56. The van der Waals surface area contributed by atoms with E-state index in [0.29, 0.717) is 23.0 Å². The number of esters is 1. The Morgan fingerprint density at radius 2 is 1.89 bits per heavy atom. The van der Waals surface area contributed by atoms with Gasteiger partial charge >= 0.3 is 5.97 Å². The lowest BCUT2D eigenvalue weighted by Gasteiger charge is -2.19. The van der Waals surface area contributed by atoms with Crippen LogP contribution in [0.4, 0.5) is 5.69 Å². The molecular formula is C19H18N2O5S. The zero-order valence-corrected chi connectivity index (χ0v) is 15.9.